The van der Waals surface area contributed by atoms with Gasteiger partial charge in [0.05, 0.1) is 6.10 Å². The smallest absolute Gasteiger partial charge is 0.315 e. The second-order valence-corrected chi connectivity index (χ2v) is 6.97. The van der Waals surface area contributed by atoms with E-state index in [9.17, 15) is 9.90 Å². The van der Waals surface area contributed by atoms with Crippen LogP contribution in [0.25, 0.3) is 0 Å². The molecular formula is C18H28N4O2. The summed E-state index contributed by atoms with van der Waals surface area (Å²) in [4.78, 5) is 18.7. The first kappa shape index (κ1) is 17.0. The van der Waals surface area contributed by atoms with E-state index in [4.69, 9.17) is 0 Å². The van der Waals surface area contributed by atoms with Gasteiger partial charge in [0, 0.05) is 32.4 Å². The number of nitrogens with one attached hydrogen (secondary N) is 2. The fourth-order valence-electron chi connectivity index (χ4n) is 3.58. The molecule has 2 unspecified atom stereocenters. The molecule has 0 radical (unpaired) electrons. The standard InChI is InChI=1S/C18H28N4O2/c23-16-5-3-4-14(10-16)11-20-18(24)21-13-15-6-7-17(19-12-15)22-8-1-2-9-22/h6-7,12,14,16,23H,1-5,8-11,13H2,(H2,20,21,24). The second-order valence-electron chi connectivity index (χ2n) is 6.97. The maximum Gasteiger partial charge on any atom is 0.315 e. The average molecular weight is 332 g/mol. The first-order valence-electron chi connectivity index (χ1n) is 9.10. The van der Waals surface area contributed by atoms with Crippen molar-refractivity contribution in [3.8, 4) is 0 Å². The summed E-state index contributed by atoms with van der Waals surface area (Å²) in [5.74, 6) is 1.41. The van der Waals surface area contributed by atoms with Crippen molar-refractivity contribution in [3.63, 3.8) is 0 Å². The van der Waals surface area contributed by atoms with E-state index in [1.807, 2.05) is 18.3 Å². The Morgan fingerprint density at radius 2 is 2.04 bits per heavy atom. The third kappa shape index (κ3) is 4.84. The lowest BCUT2D eigenvalue weighted by atomic mass is 9.87. The van der Waals surface area contributed by atoms with Gasteiger partial charge in [0.1, 0.15) is 5.82 Å². The number of aliphatic hydroxyl groups is 1. The van der Waals surface area contributed by atoms with Gasteiger partial charge in [-0.1, -0.05) is 12.5 Å². The number of anilines is 1. The summed E-state index contributed by atoms with van der Waals surface area (Å²) in [6.07, 6.45) is 7.93. The molecule has 0 bridgehead atoms. The molecule has 1 aromatic heterocycles. The Labute approximate surface area is 143 Å². The molecule has 1 aliphatic heterocycles. The van der Waals surface area contributed by atoms with E-state index in [1.54, 1.807) is 0 Å². The lowest BCUT2D eigenvalue weighted by Crippen LogP contribution is -2.39. The minimum Gasteiger partial charge on any atom is -0.393 e. The molecule has 3 N–H and O–H groups in total. The lowest BCUT2D eigenvalue weighted by molar-refractivity contribution is 0.101. The van der Waals surface area contributed by atoms with Crippen LogP contribution in [0.4, 0.5) is 10.6 Å². The van der Waals surface area contributed by atoms with Crippen LogP contribution in [0.2, 0.25) is 0 Å². The molecule has 2 atom stereocenters. The monoisotopic (exact) mass is 332 g/mol. The van der Waals surface area contributed by atoms with Crippen molar-refractivity contribution >= 4 is 11.8 Å². The SMILES string of the molecule is O=C(NCc1ccc(N2CCCC2)nc1)NCC1CCCC(O)C1. The Hall–Kier alpha value is -1.82. The number of pyridine rings is 1. The number of hydrogen-bond acceptors (Lipinski definition) is 4. The van der Waals surface area contributed by atoms with E-state index in [0.717, 1.165) is 50.2 Å². The number of aromatic nitrogens is 1. The summed E-state index contributed by atoms with van der Waals surface area (Å²) < 4.78 is 0. The highest BCUT2D eigenvalue weighted by Gasteiger charge is 2.20. The van der Waals surface area contributed by atoms with Gasteiger partial charge < -0.3 is 20.6 Å². The fourth-order valence-corrected chi connectivity index (χ4v) is 3.58. The summed E-state index contributed by atoms with van der Waals surface area (Å²) in [6.45, 7) is 3.28. The van der Waals surface area contributed by atoms with Crippen molar-refractivity contribution in [2.45, 2.75) is 51.2 Å². The summed E-state index contributed by atoms with van der Waals surface area (Å²) >= 11 is 0. The van der Waals surface area contributed by atoms with Crippen LogP contribution in [0.1, 0.15) is 44.1 Å². The molecule has 1 saturated heterocycles. The van der Waals surface area contributed by atoms with Crippen molar-refractivity contribution in [1.82, 2.24) is 15.6 Å². The highest BCUT2D eigenvalue weighted by atomic mass is 16.3. The molecule has 3 rings (SSSR count). The fraction of sp³-hybridized carbons (Fsp3) is 0.667. The van der Waals surface area contributed by atoms with E-state index in [0.29, 0.717) is 19.0 Å². The zero-order valence-electron chi connectivity index (χ0n) is 14.2. The number of rotatable bonds is 5. The van der Waals surface area contributed by atoms with Crippen LogP contribution in [-0.4, -0.2) is 41.9 Å². The van der Waals surface area contributed by atoms with Crippen LogP contribution in [0, 0.1) is 5.92 Å². The highest BCUT2D eigenvalue weighted by Crippen LogP contribution is 2.23. The molecule has 1 saturated carbocycles. The molecule has 2 heterocycles. The zero-order chi connectivity index (χ0) is 16.8. The highest BCUT2D eigenvalue weighted by molar-refractivity contribution is 5.73. The van der Waals surface area contributed by atoms with Crippen molar-refractivity contribution in [3.05, 3.63) is 23.9 Å². The molecule has 0 spiro atoms. The third-order valence-electron chi connectivity index (χ3n) is 5.00. The van der Waals surface area contributed by atoms with Crippen molar-refractivity contribution in [1.29, 1.82) is 0 Å². The largest absolute Gasteiger partial charge is 0.393 e. The quantitative estimate of drug-likeness (QED) is 0.771. The average Bonchev–Trinajstić information content (AvgIpc) is 3.13. The van der Waals surface area contributed by atoms with Crippen molar-refractivity contribution in [2.24, 2.45) is 5.92 Å². The van der Waals surface area contributed by atoms with Gasteiger partial charge in [0.2, 0.25) is 0 Å². The minimum atomic E-state index is -0.200. The number of carbonyl (C=O) groups is 1. The molecule has 132 valence electrons. The minimum absolute atomic E-state index is 0.154. The molecule has 0 aromatic carbocycles. The summed E-state index contributed by atoms with van der Waals surface area (Å²) in [5.41, 5.74) is 1.00. The second kappa shape index (κ2) is 8.33. The number of urea groups is 1. The van der Waals surface area contributed by atoms with Crippen LogP contribution in [0.5, 0.6) is 0 Å². The van der Waals surface area contributed by atoms with Gasteiger partial charge in [0.25, 0.3) is 0 Å². The molecule has 1 aliphatic carbocycles. The van der Waals surface area contributed by atoms with Gasteiger partial charge in [-0.2, -0.15) is 0 Å². The van der Waals surface area contributed by atoms with Gasteiger partial charge >= 0.3 is 6.03 Å². The molecule has 6 nitrogen and oxygen atoms in total. The number of hydrogen-bond donors (Lipinski definition) is 3. The molecular weight excluding hydrogens is 304 g/mol. The van der Waals surface area contributed by atoms with E-state index in [2.05, 4.69) is 20.5 Å². The van der Waals surface area contributed by atoms with E-state index in [-0.39, 0.29) is 12.1 Å². The van der Waals surface area contributed by atoms with Crippen molar-refractivity contribution < 1.29 is 9.90 Å². The van der Waals surface area contributed by atoms with Gasteiger partial charge in [0.15, 0.2) is 0 Å². The molecule has 2 fully saturated rings. The predicted octanol–water partition coefficient (Wildman–Crippen LogP) is 2.03. The maximum atomic E-state index is 11.9. The Morgan fingerprint density at radius 3 is 2.75 bits per heavy atom. The van der Waals surface area contributed by atoms with Crippen LogP contribution in [0.3, 0.4) is 0 Å². The Kier molecular flexibility index (Phi) is 5.91. The summed E-state index contributed by atoms with van der Waals surface area (Å²) in [7, 11) is 0. The van der Waals surface area contributed by atoms with Gasteiger partial charge in [-0.15, -0.1) is 0 Å². The summed E-state index contributed by atoms with van der Waals surface area (Å²) in [6, 6.07) is 3.90. The van der Waals surface area contributed by atoms with Gasteiger partial charge in [-0.05, 0) is 49.7 Å². The van der Waals surface area contributed by atoms with Crippen molar-refractivity contribution in [2.75, 3.05) is 24.5 Å². The first-order valence-corrected chi connectivity index (χ1v) is 9.10. The Bertz CT molecular complexity index is 528. The van der Waals surface area contributed by atoms with Gasteiger partial charge in [-0.3, -0.25) is 0 Å². The number of carbonyl (C=O) groups excluding carboxylic acids is 1. The third-order valence-corrected chi connectivity index (χ3v) is 5.00. The topological polar surface area (TPSA) is 77.5 Å². The zero-order valence-corrected chi connectivity index (χ0v) is 14.2. The van der Waals surface area contributed by atoms with E-state index >= 15 is 0 Å². The van der Waals surface area contributed by atoms with Gasteiger partial charge in [-0.25, -0.2) is 9.78 Å². The Balaban J connectivity index is 1.37. The number of aliphatic hydroxyl groups excluding tert-OH is 1. The van der Waals surface area contributed by atoms with E-state index < -0.39 is 0 Å². The van der Waals surface area contributed by atoms with Crippen LogP contribution in [0.15, 0.2) is 18.3 Å². The molecule has 24 heavy (non-hydrogen) atoms. The molecule has 1 aromatic rings. The molecule has 2 aliphatic rings. The van der Waals surface area contributed by atoms with Crippen LogP contribution < -0.4 is 15.5 Å². The normalized spacial score (nSPS) is 24.0. The predicted molar refractivity (Wildman–Crippen MR) is 93.9 cm³/mol. The lowest BCUT2D eigenvalue weighted by Gasteiger charge is -2.25. The molecule has 2 amide bonds. The maximum absolute atomic E-state index is 11.9. The molecule has 6 heteroatoms. The van der Waals surface area contributed by atoms with Crippen LogP contribution in [-0.2, 0) is 6.54 Å². The number of amides is 2. The summed E-state index contributed by atoms with van der Waals surface area (Å²) in [5, 5.41) is 15.4. The van der Waals surface area contributed by atoms with E-state index in [1.165, 1.54) is 12.8 Å². The van der Waals surface area contributed by atoms with Crippen LogP contribution >= 0.6 is 0 Å². The number of nitrogens with zero attached hydrogens (tertiary/aromatic N) is 2. The Morgan fingerprint density at radius 1 is 1.21 bits per heavy atom. The first-order chi connectivity index (χ1) is 11.7.